The summed E-state index contributed by atoms with van der Waals surface area (Å²) in [6.45, 7) is 1.58. The normalized spacial score (nSPS) is 25.4. The molecule has 0 bridgehead atoms. The molecule has 2 heterocycles. The van der Waals surface area contributed by atoms with E-state index < -0.39 is 11.6 Å². The standard InChI is InChI=1S/C11H10ClN3O3/c1-11(18)9(17)14-10-13-6-2-3-7(16)8(12)5(6)4-15(10)11/h2-3,16,18H,4H2,1H3,(H,13,14,17). The van der Waals surface area contributed by atoms with Gasteiger partial charge in [0.25, 0.3) is 5.91 Å². The van der Waals surface area contributed by atoms with Gasteiger partial charge in [-0.1, -0.05) is 11.6 Å². The summed E-state index contributed by atoms with van der Waals surface area (Å²) < 4.78 is 0. The Hall–Kier alpha value is -1.79. The van der Waals surface area contributed by atoms with Crippen molar-refractivity contribution in [2.24, 2.45) is 4.99 Å². The number of aliphatic hydroxyl groups is 1. The van der Waals surface area contributed by atoms with Crippen LogP contribution in [0.3, 0.4) is 0 Å². The van der Waals surface area contributed by atoms with Gasteiger partial charge < -0.3 is 15.1 Å². The van der Waals surface area contributed by atoms with Crippen LogP contribution in [0.1, 0.15) is 12.5 Å². The maximum atomic E-state index is 11.6. The molecule has 2 aliphatic heterocycles. The van der Waals surface area contributed by atoms with E-state index in [-0.39, 0.29) is 17.3 Å². The average molecular weight is 268 g/mol. The lowest BCUT2D eigenvalue weighted by Gasteiger charge is -2.31. The van der Waals surface area contributed by atoms with Gasteiger partial charge in [-0.15, -0.1) is 0 Å². The van der Waals surface area contributed by atoms with Crippen molar-refractivity contribution < 1.29 is 15.0 Å². The number of rotatable bonds is 0. The van der Waals surface area contributed by atoms with Crippen molar-refractivity contribution in [1.29, 1.82) is 0 Å². The number of phenols is 1. The number of amides is 1. The number of hydrogen-bond acceptors (Lipinski definition) is 5. The van der Waals surface area contributed by atoms with Crippen molar-refractivity contribution in [2.75, 3.05) is 0 Å². The number of guanidine groups is 1. The Morgan fingerprint density at radius 2 is 2.28 bits per heavy atom. The molecule has 1 saturated heterocycles. The van der Waals surface area contributed by atoms with Gasteiger partial charge in [-0.25, -0.2) is 4.99 Å². The molecule has 0 aliphatic carbocycles. The Kier molecular flexibility index (Phi) is 2.11. The molecule has 0 radical (unpaired) electrons. The summed E-state index contributed by atoms with van der Waals surface area (Å²) in [6.07, 6.45) is 0. The third kappa shape index (κ3) is 1.33. The van der Waals surface area contributed by atoms with E-state index in [1.165, 1.54) is 17.9 Å². The smallest absolute Gasteiger partial charge is 0.279 e. The quantitative estimate of drug-likeness (QED) is 0.646. The first-order chi connectivity index (χ1) is 8.41. The lowest BCUT2D eigenvalue weighted by atomic mass is 10.1. The highest BCUT2D eigenvalue weighted by molar-refractivity contribution is 6.33. The maximum Gasteiger partial charge on any atom is 0.279 e. The summed E-state index contributed by atoms with van der Waals surface area (Å²) in [5, 5.41) is 22.3. The monoisotopic (exact) mass is 267 g/mol. The average Bonchev–Trinajstić information content (AvgIpc) is 2.54. The van der Waals surface area contributed by atoms with E-state index in [0.717, 1.165) is 0 Å². The Balaban J connectivity index is 2.15. The Morgan fingerprint density at radius 1 is 1.56 bits per heavy atom. The van der Waals surface area contributed by atoms with Crippen molar-refractivity contribution >= 4 is 29.2 Å². The first-order valence-electron chi connectivity index (χ1n) is 5.32. The third-order valence-corrected chi connectivity index (χ3v) is 3.60. The number of hydrogen-bond donors (Lipinski definition) is 3. The number of aliphatic imine (C=N–C) groups is 1. The zero-order chi connectivity index (χ0) is 13.1. The van der Waals surface area contributed by atoms with Crippen LogP contribution in [0.2, 0.25) is 5.02 Å². The minimum atomic E-state index is -1.66. The SMILES string of the molecule is CC1(O)C(=O)NC2=Nc3ccc(O)c(Cl)c3CN21. The van der Waals surface area contributed by atoms with Gasteiger partial charge in [0.1, 0.15) is 5.75 Å². The zero-order valence-electron chi connectivity index (χ0n) is 9.44. The summed E-state index contributed by atoms with van der Waals surface area (Å²) >= 11 is 6.00. The van der Waals surface area contributed by atoms with E-state index in [0.29, 0.717) is 17.2 Å². The molecular formula is C11H10ClN3O3. The molecule has 1 unspecified atom stereocenters. The molecule has 18 heavy (non-hydrogen) atoms. The first-order valence-corrected chi connectivity index (χ1v) is 5.69. The van der Waals surface area contributed by atoms with Crippen LogP contribution in [0.5, 0.6) is 5.75 Å². The fourth-order valence-corrected chi connectivity index (χ4v) is 2.28. The lowest BCUT2D eigenvalue weighted by Crippen LogP contribution is -2.47. The third-order valence-electron chi connectivity index (χ3n) is 3.18. The molecule has 3 rings (SSSR count). The number of nitrogens with one attached hydrogen (secondary N) is 1. The first kappa shape index (κ1) is 11.3. The topological polar surface area (TPSA) is 85.2 Å². The maximum absolute atomic E-state index is 11.6. The molecule has 6 nitrogen and oxygen atoms in total. The summed E-state index contributed by atoms with van der Waals surface area (Å²) in [4.78, 5) is 17.2. The molecule has 94 valence electrons. The second-order valence-electron chi connectivity index (χ2n) is 4.39. The van der Waals surface area contributed by atoms with Crippen molar-refractivity contribution in [2.45, 2.75) is 19.2 Å². The van der Waals surface area contributed by atoms with Gasteiger partial charge in [0, 0.05) is 5.56 Å². The minimum Gasteiger partial charge on any atom is -0.506 e. The number of halogens is 1. The highest BCUT2D eigenvalue weighted by Gasteiger charge is 2.48. The number of benzene rings is 1. The van der Waals surface area contributed by atoms with E-state index in [9.17, 15) is 15.0 Å². The van der Waals surface area contributed by atoms with Crippen LogP contribution in [0, 0.1) is 0 Å². The van der Waals surface area contributed by atoms with Gasteiger partial charge in [-0.05, 0) is 19.1 Å². The fourth-order valence-electron chi connectivity index (χ4n) is 2.06. The minimum absolute atomic E-state index is 0.0489. The van der Waals surface area contributed by atoms with Crippen LogP contribution in [-0.4, -0.2) is 32.7 Å². The highest BCUT2D eigenvalue weighted by Crippen LogP contribution is 2.39. The molecule has 1 aromatic rings. The van der Waals surface area contributed by atoms with Crippen molar-refractivity contribution in [3.8, 4) is 5.75 Å². The van der Waals surface area contributed by atoms with E-state index in [1.807, 2.05) is 0 Å². The molecule has 3 N–H and O–H groups in total. The Labute approximate surface area is 108 Å². The number of fused-ring (bicyclic) bond motifs is 2. The summed E-state index contributed by atoms with van der Waals surface area (Å²) in [6, 6.07) is 3.05. The molecular weight excluding hydrogens is 258 g/mol. The summed E-state index contributed by atoms with van der Waals surface area (Å²) in [5.41, 5.74) is -0.509. The predicted molar refractivity (Wildman–Crippen MR) is 64.5 cm³/mol. The van der Waals surface area contributed by atoms with E-state index >= 15 is 0 Å². The number of carbonyl (C=O) groups is 1. The largest absolute Gasteiger partial charge is 0.506 e. The van der Waals surface area contributed by atoms with Gasteiger partial charge in [0.05, 0.1) is 17.3 Å². The molecule has 1 aromatic carbocycles. The molecule has 1 atom stereocenters. The van der Waals surface area contributed by atoms with Crippen LogP contribution in [0.25, 0.3) is 0 Å². The summed E-state index contributed by atoms with van der Waals surface area (Å²) in [5.74, 6) is -0.291. The van der Waals surface area contributed by atoms with E-state index in [2.05, 4.69) is 10.3 Å². The molecule has 0 aromatic heterocycles. The molecule has 1 amide bonds. The molecule has 0 spiro atoms. The van der Waals surface area contributed by atoms with Crippen LogP contribution in [0.15, 0.2) is 17.1 Å². The van der Waals surface area contributed by atoms with E-state index in [4.69, 9.17) is 11.6 Å². The van der Waals surface area contributed by atoms with Crippen LogP contribution in [-0.2, 0) is 11.3 Å². The molecule has 0 saturated carbocycles. The van der Waals surface area contributed by atoms with Crippen LogP contribution < -0.4 is 5.32 Å². The number of nitrogens with zero attached hydrogens (tertiary/aromatic N) is 2. The lowest BCUT2D eigenvalue weighted by molar-refractivity contribution is -0.144. The predicted octanol–water partition coefficient (Wildman–Crippen LogP) is 0.687. The van der Waals surface area contributed by atoms with Crippen molar-refractivity contribution in [3.05, 3.63) is 22.7 Å². The second-order valence-corrected chi connectivity index (χ2v) is 4.77. The number of aromatic hydroxyl groups is 1. The molecule has 1 fully saturated rings. The number of phenolic OH excluding ortho intramolecular Hbond substituents is 1. The van der Waals surface area contributed by atoms with Gasteiger partial charge in [0.15, 0.2) is 0 Å². The van der Waals surface area contributed by atoms with Crippen molar-refractivity contribution in [3.63, 3.8) is 0 Å². The summed E-state index contributed by atoms with van der Waals surface area (Å²) in [7, 11) is 0. The van der Waals surface area contributed by atoms with E-state index in [1.54, 1.807) is 6.07 Å². The second kappa shape index (κ2) is 3.37. The van der Waals surface area contributed by atoms with Gasteiger partial charge in [-0.2, -0.15) is 0 Å². The fraction of sp³-hybridized carbons (Fsp3) is 0.273. The number of carbonyl (C=O) groups excluding carboxylic acids is 1. The van der Waals surface area contributed by atoms with Crippen molar-refractivity contribution in [1.82, 2.24) is 10.2 Å². The zero-order valence-corrected chi connectivity index (χ0v) is 10.2. The van der Waals surface area contributed by atoms with Gasteiger partial charge in [-0.3, -0.25) is 10.1 Å². The molecule has 7 heteroatoms. The van der Waals surface area contributed by atoms with Gasteiger partial charge >= 0.3 is 0 Å². The Bertz CT molecular complexity index is 597. The van der Waals surface area contributed by atoms with Crippen LogP contribution >= 0.6 is 11.6 Å². The highest BCUT2D eigenvalue weighted by atomic mass is 35.5. The molecule has 2 aliphatic rings. The van der Waals surface area contributed by atoms with Gasteiger partial charge in [0.2, 0.25) is 11.7 Å². The van der Waals surface area contributed by atoms with Crippen LogP contribution in [0.4, 0.5) is 5.69 Å². The Morgan fingerprint density at radius 3 is 3.00 bits per heavy atom.